The van der Waals surface area contributed by atoms with Gasteiger partial charge in [-0.15, -0.1) is 0 Å². The molecule has 6 heteroatoms. The smallest absolute Gasteiger partial charge is 0.407 e. The van der Waals surface area contributed by atoms with Crippen molar-refractivity contribution in [1.29, 1.82) is 0 Å². The highest BCUT2D eigenvalue weighted by atomic mass is 33.1. The van der Waals surface area contributed by atoms with Crippen LogP contribution in [-0.4, -0.2) is 55.3 Å². The first-order valence-electron chi connectivity index (χ1n) is 6.17. The lowest BCUT2D eigenvalue weighted by Crippen LogP contribution is -2.33. The molecule has 0 unspecified atom stereocenters. The summed E-state index contributed by atoms with van der Waals surface area (Å²) in [5.74, 6) is 2.19. The van der Waals surface area contributed by atoms with Gasteiger partial charge in [0, 0.05) is 24.6 Å². The topological polar surface area (TPSA) is 41.6 Å². The van der Waals surface area contributed by atoms with Gasteiger partial charge >= 0.3 is 6.09 Å². The average molecular weight is 294 g/mol. The Hall–Kier alpha value is -0.0700. The van der Waals surface area contributed by atoms with Crippen molar-refractivity contribution in [1.82, 2.24) is 10.2 Å². The number of ether oxygens (including phenoxy) is 1. The van der Waals surface area contributed by atoms with Gasteiger partial charge in [0.1, 0.15) is 5.60 Å². The van der Waals surface area contributed by atoms with Crippen LogP contribution in [0.1, 0.15) is 27.2 Å². The van der Waals surface area contributed by atoms with Crippen LogP contribution in [0.25, 0.3) is 0 Å². The third kappa shape index (κ3) is 14.0. The van der Waals surface area contributed by atoms with Crippen molar-refractivity contribution in [2.75, 3.05) is 38.7 Å². The molecule has 0 spiro atoms. The molecule has 0 aromatic rings. The fraction of sp³-hybridized carbons (Fsp3) is 0.917. The van der Waals surface area contributed by atoms with Crippen LogP contribution in [0.15, 0.2) is 0 Å². The van der Waals surface area contributed by atoms with Crippen LogP contribution in [0, 0.1) is 0 Å². The Kier molecular flexibility index (Phi) is 9.77. The number of rotatable bonds is 8. The van der Waals surface area contributed by atoms with Gasteiger partial charge in [0.25, 0.3) is 0 Å². The monoisotopic (exact) mass is 294 g/mol. The predicted molar refractivity (Wildman–Crippen MR) is 82.3 cm³/mol. The number of nitrogens with one attached hydrogen (secondary N) is 1. The van der Waals surface area contributed by atoms with Crippen LogP contribution >= 0.6 is 21.6 Å². The molecule has 0 fully saturated rings. The first-order valence-corrected chi connectivity index (χ1v) is 8.66. The molecule has 0 bridgehead atoms. The van der Waals surface area contributed by atoms with E-state index in [9.17, 15) is 4.79 Å². The van der Waals surface area contributed by atoms with Gasteiger partial charge in [-0.3, -0.25) is 0 Å². The SMILES string of the molecule is CN(C)CCSSCCCNC(=O)OC(C)(C)C. The molecule has 0 heterocycles. The molecule has 0 aromatic heterocycles. The second-order valence-corrected chi connectivity index (χ2v) is 7.93. The zero-order chi connectivity index (χ0) is 14.0. The van der Waals surface area contributed by atoms with Crippen molar-refractivity contribution in [3.63, 3.8) is 0 Å². The quantitative estimate of drug-likeness (QED) is 0.551. The molecule has 0 atom stereocenters. The highest BCUT2D eigenvalue weighted by Crippen LogP contribution is 2.21. The summed E-state index contributed by atoms with van der Waals surface area (Å²) < 4.78 is 5.14. The average Bonchev–Trinajstić information content (AvgIpc) is 2.18. The van der Waals surface area contributed by atoms with E-state index in [2.05, 4.69) is 24.3 Å². The predicted octanol–water partition coefficient (Wildman–Crippen LogP) is 2.84. The third-order valence-corrected chi connectivity index (χ3v) is 4.25. The largest absolute Gasteiger partial charge is 0.444 e. The Morgan fingerprint density at radius 2 is 1.83 bits per heavy atom. The van der Waals surface area contributed by atoms with E-state index in [-0.39, 0.29) is 6.09 Å². The number of hydrogen-bond acceptors (Lipinski definition) is 5. The van der Waals surface area contributed by atoms with Crippen LogP contribution in [0.5, 0.6) is 0 Å². The zero-order valence-electron chi connectivity index (χ0n) is 12.1. The van der Waals surface area contributed by atoms with E-state index in [1.54, 1.807) is 0 Å². The first-order chi connectivity index (χ1) is 8.31. The lowest BCUT2D eigenvalue weighted by atomic mass is 10.2. The molecule has 0 radical (unpaired) electrons. The van der Waals surface area contributed by atoms with Crippen LogP contribution in [0.2, 0.25) is 0 Å². The van der Waals surface area contributed by atoms with Gasteiger partial charge in [0.05, 0.1) is 0 Å². The van der Waals surface area contributed by atoms with Crippen molar-refractivity contribution in [3.05, 3.63) is 0 Å². The van der Waals surface area contributed by atoms with E-state index >= 15 is 0 Å². The molecule has 108 valence electrons. The van der Waals surface area contributed by atoms with E-state index in [0.29, 0.717) is 6.54 Å². The molecule has 0 aromatic carbocycles. The molecule has 18 heavy (non-hydrogen) atoms. The lowest BCUT2D eigenvalue weighted by molar-refractivity contribution is 0.0528. The Morgan fingerprint density at radius 3 is 2.39 bits per heavy atom. The highest BCUT2D eigenvalue weighted by molar-refractivity contribution is 8.76. The van der Waals surface area contributed by atoms with Crippen molar-refractivity contribution < 1.29 is 9.53 Å². The number of alkyl carbamates (subject to hydrolysis) is 1. The van der Waals surface area contributed by atoms with Crippen LogP contribution in [-0.2, 0) is 4.74 Å². The minimum Gasteiger partial charge on any atom is -0.444 e. The number of nitrogens with zero attached hydrogens (tertiary/aromatic N) is 1. The summed E-state index contributed by atoms with van der Waals surface area (Å²) in [7, 11) is 7.90. The molecular weight excluding hydrogens is 268 g/mol. The maximum absolute atomic E-state index is 11.3. The number of carbonyl (C=O) groups excluding carboxylic acids is 1. The van der Waals surface area contributed by atoms with Gasteiger partial charge in [-0.25, -0.2) is 4.79 Å². The minimum atomic E-state index is -0.416. The molecule has 1 amide bonds. The standard InChI is InChI=1S/C12H26N2O2S2/c1-12(2,3)16-11(15)13-7-6-9-17-18-10-8-14(4)5/h6-10H2,1-5H3,(H,13,15). The van der Waals surface area contributed by atoms with Gasteiger partial charge in [-0.2, -0.15) is 0 Å². The maximum Gasteiger partial charge on any atom is 0.407 e. The summed E-state index contributed by atoms with van der Waals surface area (Å²) in [6.45, 7) is 7.38. The summed E-state index contributed by atoms with van der Waals surface area (Å²) in [5, 5.41) is 2.76. The summed E-state index contributed by atoms with van der Waals surface area (Å²) >= 11 is 0. The molecule has 1 N–H and O–H groups in total. The van der Waals surface area contributed by atoms with E-state index in [4.69, 9.17) is 4.74 Å². The van der Waals surface area contributed by atoms with Crippen molar-refractivity contribution in [2.24, 2.45) is 0 Å². The highest BCUT2D eigenvalue weighted by Gasteiger charge is 2.15. The third-order valence-electron chi connectivity index (χ3n) is 1.78. The van der Waals surface area contributed by atoms with Gasteiger partial charge in [0.2, 0.25) is 0 Å². The molecule has 0 saturated carbocycles. The zero-order valence-corrected chi connectivity index (χ0v) is 13.7. The van der Waals surface area contributed by atoms with Crippen LogP contribution < -0.4 is 5.32 Å². The molecule has 0 aliphatic heterocycles. The lowest BCUT2D eigenvalue weighted by Gasteiger charge is -2.19. The normalized spacial score (nSPS) is 11.7. The number of hydrogen-bond donors (Lipinski definition) is 1. The maximum atomic E-state index is 11.3. The fourth-order valence-corrected chi connectivity index (χ4v) is 3.20. The summed E-state index contributed by atoms with van der Waals surface area (Å²) in [4.78, 5) is 13.5. The van der Waals surface area contributed by atoms with Gasteiger partial charge in [0.15, 0.2) is 0 Å². The Morgan fingerprint density at radius 1 is 1.22 bits per heavy atom. The van der Waals surface area contributed by atoms with E-state index in [1.165, 1.54) is 0 Å². The second kappa shape index (κ2) is 9.81. The Balaban J connectivity index is 3.28. The van der Waals surface area contributed by atoms with E-state index < -0.39 is 5.60 Å². The minimum absolute atomic E-state index is 0.326. The first kappa shape index (κ1) is 17.9. The Bertz CT molecular complexity index is 231. The summed E-state index contributed by atoms with van der Waals surface area (Å²) in [5.41, 5.74) is -0.416. The molecule has 0 aliphatic carbocycles. The second-order valence-electron chi connectivity index (χ2n) is 5.23. The Labute approximate surface area is 119 Å². The molecule has 0 aliphatic rings. The van der Waals surface area contributed by atoms with Crippen molar-refractivity contribution in [2.45, 2.75) is 32.8 Å². The number of amides is 1. The van der Waals surface area contributed by atoms with Gasteiger partial charge in [-0.05, 0) is 41.3 Å². The summed E-state index contributed by atoms with van der Waals surface area (Å²) in [6, 6.07) is 0. The number of carbonyl (C=O) groups is 1. The van der Waals surface area contributed by atoms with E-state index in [1.807, 2.05) is 42.4 Å². The van der Waals surface area contributed by atoms with E-state index in [0.717, 1.165) is 24.5 Å². The van der Waals surface area contributed by atoms with Crippen molar-refractivity contribution >= 4 is 27.7 Å². The molecule has 4 nitrogen and oxygen atoms in total. The van der Waals surface area contributed by atoms with Crippen LogP contribution in [0.3, 0.4) is 0 Å². The van der Waals surface area contributed by atoms with Gasteiger partial charge < -0.3 is 15.0 Å². The molecule has 0 saturated heterocycles. The van der Waals surface area contributed by atoms with Gasteiger partial charge in [-0.1, -0.05) is 21.6 Å². The molecular formula is C12H26N2O2S2. The van der Waals surface area contributed by atoms with Crippen molar-refractivity contribution in [3.8, 4) is 0 Å². The van der Waals surface area contributed by atoms with Crippen LogP contribution in [0.4, 0.5) is 4.79 Å². The molecule has 0 rings (SSSR count). The fourth-order valence-electron chi connectivity index (χ4n) is 0.973. The summed E-state index contributed by atoms with van der Waals surface area (Å²) in [6.07, 6.45) is 0.645.